The predicted molar refractivity (Wildman–Crippen MR) is 219 cm³/mol. The second-order valence-corrected chi connectivity index (χ2v) is 18.9. The number of hydrogen-bond acceptors (Lipinski definition) is 10. The number of carbonyl (C=O) groups excluding carboxylic acids is 3. The lowest BCUT2D eigenvalue weighted by Gasteiger charge is -2.32. The van der Waals surface area contributed by atoms with Crippen molar-refractivity contribution in [1.29, 1.82) is 0 Å². The van der Waals surface area contributed by atoms with Gasteiger partial charge >= 0.3 is 6.09 Å². The summed E-state index contributed by atoms with van der Waals surface area (Å²) in [6, 6.07) is 9.27. The highest BCUT2D eigenvalue weighted by molar-refractivity contribution is 7.91. The predicted octanol–water partition coefficient (Wildman–Crippen LogP) is 5.32. The minimum absolute atomic E-state index is 0.00292. The highest BCUT2D eigenvalue weighted by Crippen LogP contribution is 2.46. The summed E-state index contributed by atoms with van der Waals surface area (Å²) in [5, 5.41) is 15.2. The van der Waals surface area contributed by atoms with Crippen LogP contribution in [0.25, 0.3) is 22.0 Å². The molecule has 4 amide bonds. The van der Waals surface area contributed by atoms with Crippen LogP contribution in [0.4, 0.5) is 9.18 Å². The van der Waals surface area contributed by atoms with Gasteiger partial charge in [0.1, 0.15) is 29.5 Å². The van der Waals surface area contributed by atoms with Gasteiger partial charge in [0, 0.05) is 23.3 Å². The van der Waals surface area contributed by atoms with Crippen molar-refractivity contribution in [2.75, 3.05) is 13.7 Å². The summed E-state index contributed by atoms with van der Waals surface area (Å²) >= 11 is 0. The number of carboxylic acid groups (broad SMARTS) is 1. The summed E-state index contributed by atoms with van der Waals surface area (Å²) < 4.78 is 60.9. The molecule has 7 atom stereocenters. The third-order valence-corrected chi connectivity index (χ3v) is 13.6. The summed E-state index contributed by atoms with van der Waals surface area (Å²) in [6.45, 7) is 7.43. The molecule has 3 heterocycles. The lowest BCUT2D eigenvalue weighted by Crippen LogP contribution is -2.59. The third-order valence-electron chi connectivity index (χ3n) is 11.8. The van der Waals surface area contributed by atoms with E-state index in [4.69, 9.17) is 19.2 Å². The minimum atomic E-state index is -3.96. The molecule has 4 N–H and O–H groups in total. The van der Waals surface area contributed by atoms with Gasteiger partial charge in [-0.3, -0.25) is 19.1 Å². The van der Waals surface area contributed by atoms with Crippen LogP contribution >= 0.6 is 0 Å². The fraction of sp³-hybridized carbons (Fsp3) is 0.512. The minimum Gasteiger partial charge on any atom is -0.494 e. The van der Waals surface area contributed by atoms with Gasteiger partial charge in [-0.15, -0.1) is 0 Å². The first-order valence-electron chi connectivity index (χ1n) is 20.4. The Morgan fingerprint density at radius 1 is 1.07 bits per heavy atom. The smallest absolute Gasteiger partial charge is 0.405 e. The van der Waals surface area contributed by atoms with E-state index in [1.165, 1.54) is 24.1 Å². The quantitative estimate of drug-likeness (QED) is 0.193. The van der Waals surface area contributed by atoms with Crippen molar-refractivity contribution in [2.45, 2.75) is 108 Å². The molecule has 0 unspecified atom stereocenters. The molecule has 0 bridgehead atoms. The van der Waals surface area contributed by atoms with E-state index in [1.807, 2.05) is 45.1 Å². The van der Waals surface area contributed by atoms with Crippen LogP contribution in [0, 0.1) is 23.6 Å². The molecular weight excluding hydrogens is 798 g/mol. The summed E-state index contributed by atoms with van der Waals surface area (Å²) in [6.07, 6.45) is 4.05. The third kappa shape index (κ3) is 9.15. The normalized spacial score (nSPS) is 27.8. The summed E-state index contributed by atoms with van der Waals surface area (Å²) in [4.78, 5) is 61.1. The van der Waals surface area contributed by atoms with Crippen molar-refractivity contribution in [3.8, 4) is 28.6 Å². The van der Waals surface area contributed by atoms with Crippen molar-refractivity contribution in [2.24, 2.45) is 17.8 Å². The average Bonchev–Trinajstić information content (AvgIpc) is 4.12. The summed E-state index contributed by atoms with van der Waals surface area (Å²) in [5.74, 6) is -3.16. The lowest BCUT2D eigenvalue weighted by molar-refractivity contribution is -0.142. The van der Waals surface area contributed by atoms with E-state index in [0.29, 0.717) is 59.9 Å². The molecule has 1 aromatic heterocycles. The molecule has 2 aliphatic heterocycles. The average molecular weight is 850 g/mol. The molecular formula is C43H52FN5O10S. The standard InChI is InChI=1S/C43H52FN5O10S/c1-23(2)58-29-12-10-26(11-13-29)34-17-27-18-36(57-5)33(44)20-32(27)39(45-34)59-30-19-35-38(50)47-43(41(52)48-60(55,56)31-14-15-31)21-28(43)9-7-6-8-24(3)16-25(4)37(46-42(53)54)40(51)49(35)22-30/h7,9-13,17-18,20,23-25,28,30-31,35,37,46H,6,8,14-16,19,21-22H2,1-5H3,(H,47,50)(H,48,52)(H,53,54)/b9-7-/t24-,25+,28+,30+,35-,37-,43+/m0/s1. The van der Waals surface area contributed by atoms with Gasteiger partial charge < -0.3 is 34.9 Å². The maximum absolute atomic E-state index is 15.3. The van der Waals surface area contributed by atoms with E-state index in [1.54, 1.807) is 25.1 Å². The zero-order valence-corrected chi connectivity index (χ0v) is 35.1. The fourth-order valence-corrected chi connectivity index (χ4v) is 9.75. The summed E-state index contributed by atoms with van der Waals surface area (Å²) in [5.41, 5.74) is -0.431. The van der Waals surface area contributed by atoms with E-state index in [0.717, 1.165) is 0 Å². The van der Waals surface area contributed by atoms with Crippen LogP contribution < -0.4 is 29.6 Å². The molecule has 15 nitrogen and oxygen atoms in total. The van der Waals surface area contributed by atoms with E-state index in [9.17, 15) is 32.7 Å². The molecule has 17 heteroatoms. The number of methoxy groups -OCH3 is 1. The van der Waals surface area contributed by atoms with Gasteiger partial charge in [-0.25, -0.2) is 22.6 Å². The maximum Gasteiger partial charge on any atom is 0.405 e. The van der Waals surface area contributed by atoms with Crippen LogP contribution in [0.1, 0.15) is 72.6 Å². The molecule has 0 spiro atoms. The molecule has 4 aliphatic rings. The maximum atomic E-state index is 15.3. The molecule has 0 radical (unpaired) electrons. The van der Waals surface area contributed by atoms with Gasteiger partial charge in [0.15, 0.2) is 11.6 Å². The number of ether oxygens (including phenoxy) is 3. The Kier molecular flexibility index (Phi) is 12.0. The Labute approximate surface area is 348 Å². The van der Waals surface area contributed by atoms with Gasteiger partial charge in [-0.2, -0.15) is 0 Å². The number of carbonyl (C=O) groups is 4. The molecule has 3 aromatic rings. The van der Waals surface area contributed by atoms with Crippen molar-refractivity contribution < 1.29 is 51.3 Å². The number of fused-ring (bicyclic) bond motifs is 3. The molecule has 1 saturated heterocycles. The Morgan fingerprint density at radius 3 is 2.47 bits per heavy atom. The van der Waals surface area contributed by atoms with E-state index < -0.39 is 80.5 Å². The highest BCUT2D eigenvalue weighted by Gasteiger charge is 2.62. The molecule has 2 aliphatic carbocycles. The van der Waals surface area contributed by atoms with Crippen molar-refractivity contribution >= 4 is 44.6 Å². The second kappa shape index (κ2) is 16.9. The lowest BCUT2D eigenvalue weighted by atomic mass is 9.88. The van der Waals surface area contributed by atoms with Crippen LogP contribution in [0.3, 0.4) is 0 Å². The number of nitrogens with zero attached hydrogens (tertiary/aromatic N) is 2. The number of aromatic nitrogens is 1. The second-order valence-electron chi connectivity index (χ2n) is 16.9. The largest absolute Gasteiger partial charge is 0.494 e. The van der Waals surface area contributed by atoms with Gasteiger partial charge in [0.25, 0.3) is 5.91 Å². The van der Waals surface area contributed by atoms with Crippen LogP contribution in [-0.4, -0.2) is 96.0 Å². The zero-order chi connectivity index (χ0) is 43.1. The van der Waals surface area contributed by atoms with Crippen molar-refractivity contribution in [3.63, 3.8) is 0 Å². The number of allylic oxidation sites excluding steroid dienone is 1. The van der Waals surface area contributed by atoms with Crippen molar-refractivity contribution in [1.82, 2.24) is 25.2 Å². The van der Waals surface area contributed by atoms with Gasteiger partial charge in [-0.05, 0) is 112 Å². The molecule has 322 valence electrons. The SMILES string of the molecule is COc1cc2cc(-c3ccc(OC(C)C)cc3)nc(O[C@@H]3C[C@H]4C(=O)N[C@]5(C(=O)NS(=O)(=O)C6CC6)C[C@H]5/C=C\CC[C@H](C)C[C@@H](C)[C@H](NC(=O)O)C(=O)N4C3)c2cc1F. The first kappa shape index (κ1) is 42.7. The Morgan fingerprint density at radius 2 is 1.80 bits per heavy atom. The van der Waals surface area contributed by atoms with Crippen molar-refractivity contribution in [3.05, 3.63) is 60.4 Å². The van der Waals surface area contributed by atoms with E-state index in [2.05, 4.69) is 15.4 Å². The van der Waals surface area contributed by atoms with Gasteiger partial charge in [-0.1, -0.05) is 26.0 Å². The van der Waals surface area contributed by atoms with E-state index >= 15 is 4.39 Å². The zero-order valence-electron chi connectivity index (χ0n) is 34.3. The van der Waals surface area contributed by atoms with Crippen LogP contribution in [0.2, 0.25) is 0 Å². The Balaban J connectivity index is 1.25. The first-order chi connectivity index (χ1) is 28.5. The van der Waals surface area contributed by atoms with Crippen LogP contribution in [0.15, 0.2) is 54.6 Å². The molecule has 3 fully saturated rings. The fourth-order valence-electron chi connectivity index (χ4n) is 8.38. The van der Waals surface area contributed by atoms with Crippen LogP contribution in [0.5, 0.6) is 17.4 Å². The number of nitrogens with one attached hydrogen (secondary N) is 3. The number of benzene rings is 2. The number of pyridine rings is 1. The molecule has 2 aromatic carbocycles. The molecule has 2 saturated carbocycles. The number of halogens is 1. The number of hydrogen-bond donors (Lipinski definition) is 4. The van der Waals surface area contributed by atoms with Gasteiger partial charge in [0.2, 0.25) is 27.7 Å². The molecule has 7 rings (SSSR count). The first-order valence-corrected chi connectivity index (χ1v) is 22.0. The van der Waals surface area contributed by atoms with E-state index in [-0.39, 0.29) is 43.0 Å². The summed E-state index contributed by atoms with van der Waals surface area (Å²) in [7, 11) is -2.61. The Bertz CT molecular complexity index is 2300. The number of rotatable bonds is 10. The van der Waals surface area contributed by atoms with Crippen LogP contribution in [-0.2, 0) is 24.4 Å². The van der Waals surface area contributed by atoms with Gasteiger partial charge in [0.05, 0.1) is 30.7 Å². The molecule has 60 heavy (non-hydrogen) atoms. The monoisotopic (exact) mass is 849 g/mol. The number of sulfonamides is 1. The topological polar surface area (TPSA) is 203 Å². The highest BCUT2D eigenvalue weighted by atomic mass is 32.2. The number of amides is 4. The Hall–Kier alpha value is -5.45.